The largest absolute Gasteiger partial charge is 0.493 e. The first kappa shape index (κ1) is 19.3. The summed E-state index contributed by atoms with van der Waals surface area (Å²) in [4.78, 5) is 28.3. The van der Waals surface area contributed by atoms with E-state index in [4.69, 9.17) is 9.47 Å². The number of fused-ring (bicyclic) bond motifs is 1. The van der Waals surface area contributed by atoms with E-state index in [2.05, 4.69) is 6.92 Å². The third-order valence-corrected chi connectivity index (χ3v) is 5.52. The van der Waals surface area contributed by atoms with Crippen LogP contribution in [0.4, 0.5) is 0 Å². The summed E-state index contributed by atoms with van der Waals surface area (Å²) in [5, 5.41) is 1.10. The minimum Gasteiger partial charge on any atom is -0.493 e. The van der Waals surface area contributed by atoms with Crippen molar-refractivity contribution in [3.8, 4) is 11.5 Å². The number of ether oxygens (including phenoxy) is 2. The number of amides is 1. The Hall–Kier alpha value is -2.50. The van der Waals surface area contributed by atoms with Crippen molar-refractivity contribution in [3.63, 3.8) is 0 Å². The molecule has 1 saturated heterocycles. The second-order valence-electron chi connectivity index (χ2n) is 6.94. The van der Waals surface area contributed by atoms with Crippen molar-refractivity contribution in [1.82, 2.24) is 9.47 Å². The van der Waals surface area contributed by atoms with E-state index in [1.54, 1.807) is 30.0 Å². The van der Waals surface area contributed by atoms with Crippen LogP contribution in [-0.4, -0.2) is 42.2 Å². The molecule has 2 aromatic rings. The first-order valence-corrected chi connectivity index (χ1v) is 9.65. The molecule has 27 heavy (non-hydrogen) atoms. The molecular weight excluding hydrogens is 344 g/mol. The van der Waals surface area contributed by atoms with Crippen molar-refractivity contribution in [2.75, 3.05) is 20.8 Å². The number of piperidine rings is 1. The van der Waals surface area contributed by atoms with E-state index >= 15 is 0 Å². The predicted octanol–water partition coefficient (Wildman–Crippen LogP) is 3.44. The number of methoxy groups -OCH3 is 2. The second-order valence-corrected chi connectivity index (χ2v) is 6.94. The van der Waals surface area contributed by atoms with E-state index in [0.717, 1.165) is 32.2 Å². The monoisotopic (exact) mass is 372 g/mol. The molecule has 1 aliphatic rings. The van der Waals surface area contributed by atoms with E-state index < -0.39 is 0 Å². The number of rotatable bonds is 5. The van der Waals surface area contributed by atoms with Crippen molar-refractivity contribution in [1.29, 1.82) is 0 Å². The minimum absolute atomic E-state index is 0.0130. The Kier molecular flexibility index (Phi) is 5.73. The molecule has 1 amide bonds. The fourth-order valence-corrected chi connectivity index (χ4v) is 3.97. The Labute approximate surface area is 159 Å². The molecule has 1 aromatic carbocycles. The highest BCUT2D eigenvalue weighted by molar-refractivity contribution is 6.07. The van der Waals surface area contributed by atoms with Gasteiger partial charge >= 0.3 is 0 Å². The fraction of sp³-hybridized carbons (Fsp3) is 0.524. The van der Waals surface area contributed by atoms with Gasteiger partial charge in [0.2, 0.25) is 0 Å². The second kappa shape index (κ2) is 8.03. The van der Waals surface area contributed by atoms with Crippen molar-refractivity contribution in [2.24, 2.45) is 0 Å². The lowest BCUT2D eigenvalue weighted by atomic mass is 9.97. The summed E-state index contributed by atoms with van der Waals surface area (Å²) in [6.45, 7) is 5.28. The molecule has 1 atom stereocenters. The molecule has 3 rings (SSSR count). The van der Waals surface area contributed by atoms with Gasteiger partial charge in [0.05, 0.1) is 25.2 Å². The van der Waals surface area contributed by atoms with Crippen LogP contribution in [-0.2, 0) is 6.54 Å². The van der Waals surface area contributed by atoms with Gasteiger partial charge in [-0.3, -0.25) is 9.59 Å². The first-order valence-electron chi connectivity index (χ1n) is 9.65. The lowest BCUT2D eigenvalue weighted by Gasteiger charge is -2.35. The molecule has 0 aliphatic carbocycles. The summed E-state index contributed by atoms with van der Waals surface area (Å²) in [5.41, 5.74) is 0.420. The van der Waals surface area contributed by atoms with Crippen LogP contribution in [0.25, 0.3) is 10.8 Å². The average molecular weight is 372 g/mol. The number of pyridine rings is 1. The number of hydrogen-bond acceptors (Lipinski definition) is 4. The molecule has 146 valence electrons. The Morgan fingerprint density at radius 2 is 1.78 bits per heavy atom. The molecule has 0 radical (unpaired) electrons. The molecule has 6 nitrogen and oxygen atoms in total. The van der Waals surface area contributed by atoms with Gasteiger partial charge in [-0.15, -0.1) is 0 Å². The highest BCUT2D eigenvalue weighted by atomic mass is 16.5. The molecule has 0 N–H and O–H groups in total. The fourth-order valence-electron chi connectivity index (χ4n) is 3.97. The first-order chi connectivity index (χ1) is 13.0. The number of nitrogens with zero attached hydrogens (tertiary/aromatic N) is 2. The van der Waals surface area contributed by atoms with Gasteiger partial charge in [-0.05, 0) is 44.7 Å². The smallest absolute Gasteiger partial charge is 0.258 e. The van der Waals surface area contributed by atoms with Crippen molar-refractivity contribution < 1.29 is 14.3 Å². The quantitative estimate of drug-likeness (QED) is 0.807. The van der Waals surface area contributed by atoms with E-state index in [1.165, 1.54) is 7.11 Å². The number of benzene rings is 1. The van der Waals surface area contributed by atoms with Crippen LogP contribution >= 0.6 is 0 Å². The van der Waals surface area contributed by atoms with Gasteiger partial charge in [0.1, 0.15) is 0 Å². The maximum atomic E-state index is 13.5. The number of hydrogen-bond donors (Lipinski definition) is 0. The summed E-state index contributed by atoms with van der Waals surface area (Å²) in [5.74, 6) is 0.984. The zero-order chi connectivity index (χ0) is 19.6. The highest BCUT2D eigenvalue weighted by Gasteiger charge is 2.28. The lowest BCUT2D eigenvalue weighted by Crippen LogP contribution is -2.43. The van der Waals surface area contributed by atoms with E-state index in [1.807, 2.05) is 11.8 Å². The molecule has 0 spiro atoms. The topological polar surface area (TPSA) is 60.8 Å². The van der Waals surface area contributed by atoms with Gasteiger partial charge in [-0.25, -0.2) is 0 Å². The number of aromatic nitrogens is 1. The highest BCUT2D eigenvalue weighted by Crippen LogP contribution is 2.33. The summed E-state index contributed by atoms with van der Waals surface area (Å²) < 4.78 is 12.3. The van der Waals surface area contributed by atoms with Gasteiger partial charge < -0.3 is 18.9 Å². The van der Waals surface area contributed by atoms with Crippen molar-refractivity contribution in [3.05, 3.63) is 34.2 Å². The molecule has 2 heterocycles. The third kappa shape index (κ3) is 3.40. The van der Waals surface area contributed by atoms with Crippen LogP contribution < -0.4 is 15.0 Å². The zero-order valence-electron chi connectivity index (χ0n) is 16.6. The SMILES string of the molecule is CC[C@@H]1CCCCN1C(=O)c1cn(CC)c(=O)c2cc(OC)c(OC)cc12. The Morgan fingerprint density at radius 3 is 2.37 bits per heavy atom. The molecule has 6 heteroatoms. The Balaban J connectivity index is 2.23. The van der Waals surface area contributed by atoms with Gasteiger partial charge in [0.25, 0.3) is 11.5 Å². The maximum Gasteiger partial charge on any atom is 0.258 e. The number of carbonyl (C=O) groups excluding carboxylic acids is 1. The normalized spacial score (nSPS) is 17.2. The lowest BCUT2D eigenvalue weighted by molar-refractivity contribution is 0.0609. The minimum atomic E-state index is -0.129. The average Bonchev–Trinajstić information content (AvgIpc) is 2.72. The number of carbonyl (C=O) groups is 1. The number of likely N-dealkylation sites (tertiary alicyclic amines) is 1. The molecule has 0 bridgehead atoms. The Morgan fingerprint density at radius 1 is 1.11 bits per heavy atom. The van der Waals surface area contributed by atoms with Crippen LogP contribution in [0, 0.1) is 0 Å². The standard InChI is InChI=1S/C21H28N2O4/c1-5-14-9-7-8-10-23(14)21(25)17-13-22(6-2)20(24)16-12-19(27-4)18(26-3)11-15(16)17/h11-14H,5-10H2,1-4H3/t14-/m1/s1. The summed E-state index contributed by atoms with van der Waals surface area (Å²) in [7, 11) is 3.09. The molecule has 1 aromatic heterocycles. The molecule has 1 fully saturated rings. The van der Waals surface area contributed by atoms with Crippen LogP contribution in [0.1, 0.15) is 49.9 Å². The summed E-state index contributed by atoms with van der Waals surface area (Å²) in [6, 6.07) is 3.67. The van der Waals surface area contributed by atoms with Gasteiger partial charge in [0, 0.05) is 30.7 Å². The van der Waals surface area contributed by atoms with Crippen molar-refractivity contribution in [2.45, 2.75) is 52.1 Å². The molecule has 0 unspecified atom stereocenters. The Bertz CT molecular complexity index is 903. The predicted molar refractivity (Wildman–Crippen MR) is 106 cm³/mol. The summed E-state index contributed by atoms with van der Waals surface area (Å²) >= 11 is 0. The van der Waals surface area contributed by atoms with Crippen LogP contribution in [0.15, 0.2) is 23.1 Å². The molecule has 0 saturated carbocycles. The van der Waals surface area contributed by atoms with Crippen LogP contribution in [0.2, 0.25) is 0 Å². The summed E-state index contributed by atoms with van der Waals surface area (Å²) in [6.07, 6.45) is 5.84. The van der Waals surface area contributed by atoms with Crippen LogP contribution in [0.3, 0.4) is 0 Å². The van der Waals surface area contributed by atoms with E-state index in [0.29, 0.717) is 34.4 Å². The molecular formula is C21H28N2O4. The number of aryl methyl sites for hydroxylation is 1. The van der Waals surface area contributed by atoms with Gasteiger partial charge in [-0.2, -0.15) is 0 Å². The van der Waals surface area contributed by atoms with Crippen molar-refractivity contribution >= 4 is 16.7 Å². The molecule has 1 aliphatic heterocycles. The maximum absolute atomic E-state index is 13.5. The third-order valence-electron chi connectivity index (χ3n) is 5.52. The zero-order valence-corrected chi connectivity index (χ0v) is 16.6. The van der Waals surface area contributed by atoms with E-state index in [9.17, 15) is 9.59 Å². The van der Waals surface area contributed by atoms with Gasteiger partial charge in [-0.1, -0.05) is 6.92 Å². The van der Waals surface area contributed by atoms with Gasteiger partial charge in [0.15, 0.2) is 11.5 Å². The van der Waals surface area contributed by atoms with Crippen LogP contribution in [0.5, 0.6) is 11.5 Å². The van der Waals surface area contributed by atoms with E-state index in [-0.39, 0.29) is 17.5 Å².